The zero-order valence-corrected chi connectivity index (χ0v) is 16.5. The zero-order chi connectivity index (χ0) is 19.1. The summed E-state index contributed by atoms with van der Waals surface area (Å²) in [5.74, 6) is 0.594. The van der Waals surface area contributed by atoms with Crippen molar-refractivity contribution >= 4 is 11.6 Å². The standard InChI is InChI=1S/C24H29N3O/c1-2-27-21-13-10-17(24(28)26-18-11-12-18)15-20(21)22-19(9-6-14-25-22)23(27)16-7-4-3-5-8-16/h3-5,7-8,10,13,15,18-19,22-23,25H,2,6,9,11-12,14H2,1H3,(H,26,28)/t19-,22+,23?/m1/s1. The molecule has 4 nitrogen and oxygen atoms in total. The minimum absolute atomic E-state index is 0.0749. The molecule has 0 spiro atoms. The largest absolute Gasteiger partial charge is 0.364 e. The molecule has 1 saturated heterocycles. The maximum absolute atomic E-state index is 12.6. The van der Waals surface area contributed by atoms with Crippen molar-refractivity contribution in [2.75, 3.05) is 18.0 Å². The Morgan fingerprint density at radius 2 is 1.96 bits per heavy atom. The van der Waals surface area contributed by atoms with Crippen molar-refractivity contribution in [3.63, 3.8) is 0 Å². The summed E-state index contributed by atoms with van der Waals surface area (Å²) in [4.78, 5) is 15.2. The van der Waals surface area contributed by atoms with Crippen LogP contribution in [0.1, 0.15) is 66.2 Å². The van der Waals surface area contributed by atoms with E-state index in [-0.39, 0.29) is 5.91 Å². The van der Waals surface area contributed by atoms with Crippen molar-refractivity contribution in [1.82, 2.24) is 10.6 Å². The van der Waals surface area contributed by atoms with Crippen LogP contribution in [0.5, 0.6) is 0 Å². The molecule has 2 aromatic carbocycles. The lowest BCUT2D eigenvalue weighted by Crippen LogP contribution is -2.47. The van der Waals surface area contributed by atoms with Gasteiger partial charge in [-0.05, 0) is 68.5 Å². The Morgan fingerprint density at radius 1 is 1.14 bits per heavy atom. The smallest absolute Gasteiger partial charge is 0.251 e. The first-order chi connectivity index (χ1) is 13.8. The van der Waals surface area contributed by atoms with E-state index in [1.54, 1.807) is 0 Å². The molecular weight excluding hydrogens is 346 g/mol. The summed E-state index contributed by atoms with van der Waals surface area (Å²) >= 11 is 0. The molecule has 28 heavy (non-hydrogen) atoms. The zero-order valence-electron chi connectivity index (χ0n) is 16.5. The van der Waals surface area contributed by atoms with Crippen LogP contribution in [-0.2, 0) is 0 Å². The number of rotatable bonds is 4. The number of piperidine rings is 1. The molecule has 0 aromatic heterocycles. The molecule has 3 aliphatic rings. The number of hydrogen-bond acceptors (Lipinski definition) is 3. The van der Waals surface area contributed by atoms with Gasteiger partial charge < -0.3 is 15.5 Å². The normalized spacial score (nSPS) is 26.3. The highest BCUT2D eigenvalue weighted by atomic mass is 16.1. The van der Waals surface area contributed by atoms with Crippen molar-refractivity contribution in [2.45, 2.75) is 50.7 Å². The van der Waals surface area contributed by atoms with Crippen molar-refractivity contribution in [3.8, 4) is 0 Å². The van der Waals surface area contributed by atoms with Crippen LogP contribution in [-0.4, -0.2) is 25.0 Å². The van der Waals surface area contributed by atoms with E-state index in [9.17, 15) is 4.79 Å². The molecule has 4 heteroatoms. The van der Waals surface area contributed by atoms with Crippen molar-refractivity contribution < 1.29 is 4.79 Å². The fraction of sp³-hybridized carbons (Fsp3) is 0.458. The molecule has 2 fully saturated rings. The van der Waals surface area contributed by atoms with Crippen LogP contribution in [0.25, 0.3) is 0 Å². The van der Waals surface area contributed by atoms with Gasteiger partial charge in [-0.2, -0.15) is 0 Å². The number of carbonyl (C=O) groups excluding carboxylic acids is 1. The molecule has 2 aliphatic heterocycles. The summed E-state index contributed by atoms with van der Waals surface area (Å²) in [5.41, 5.74) is 4.76. The topological polar surface area (TPSA) is 44.4 Å². The number of nitrogens with zero attached hydrogens (tertiary/aromatic N) is 1. The summed E-state index contributed by atoms with van der Waals surface area (Å²) in [6, 6.07) is 18.3. The molecule has 3 atom stereocenters. The third kappa shape index (κ3) is 3.10. The number of nitrogens with one attached hydrogen (secondary N) is 2. The van der Waals surface area contributed by atoms with Crippen molar-refractivity contribution in [2.24, 2.45) is 5.92 Å². The van der Waals surface area contributed by atoms with Crippen molar-refractivity contribution in [1.29, 1.82) is 0 Å². The maximum Gasteiger partial charge on any atom is 0.251 e. The van der Waals surface area contributed by atoms with Gasteiger partial charge in [-0.3, -0.25) is 4.79 Å². The van der Waals surface area contributed by atoms with E-state index >= 15 is 0 Å². The van der Waals surface area contributed by atoms with Gasteiger partial charge in [0.25, 0.3) is 5.91 Å². The SMILES string of the molecule is CCN1c2ccc(C(=O)NC3CC3)cc2[C@H]2NCCC[C@H]2C1c1ccccc1. The summed E-state index contributed by atoms with van der Waals surface area (Å²) < 4.78 is 0. The fourth-order valence-electron chi connectivity index (χ4n) is 5.12. The second-order valence-corrected chi connectivity index (χ2v) is 8.40. The first-order valence-corrected chi connectivity index (χ1v) is 10.8. The third-order valence-electron chi connectivity index (χ3n) is 6.58. The Kier molecular flexibility index (Phi) is 4.59. The molecular formula is C24H29N3O. The Morgan fingerprint density at radius 3 is 2.71 bits per heavy atom. The summed E-state index contributed by atoms with van der Waals surface area (Å²) in [5, 5.41) is 6.92. The first-order valence-electron chi connectivity index (χ1n) is 10.8. The quantitative estimate of drug-likeness (QED) is 0.842. The Hall–Kier alpha value is -2.33. The minimum Gasteiger partial charge on any atom is -0.364 e. The van der Waals surface area contributed by atoms with E-state index in [0.29, 0.717) is 24.0 Å². The van der Waals surface area contributed by atoms with Crippen LogP contribution in [0.15, 0.2) is 48.5 Å². The predicted molar refractivity (Wildman–Crippen MR) is 113 cm³/mol. The lowest BCUT2D eigenvalue weighted by atomic mass is 9.74. The summed E-state index contributed by atoms with van der Waals surface area (Å²) in [6.45, 7) is 4.25. The number of benzene rings is 2. The molecule has 2 heterocycles. The van der Waals surface area contributed by atoms with E-state index in [1.807, 2.05) is 6.07 Å². The average Bonchev–Trinajstić information content (AvgIpc) is 3.57. The Bertz CT molecular complexity index is 861. The monoisotopic (exact) mass is 375 g/mol. The van der Waals surface area contributed by atoms with Crippen LogP contribution in [0.3, 0.4) is 0 Å². The van der Waals surface area contributed by atoms with Crippen LogP contribution < -0.4 is 15.5 Å². The van der Waals surface area contributed by atoms with Gasteiger partial charge in [-0.15, -0.1) is 0 Å². The van der Waals surface area contributed by atoms with Gasteiger partial charge >= 0.3 is 0 Å². The van der Waals surface area contributed by atoms with Gasteiger partial charge in [-0.25, -0.2) is 0 Å². The maximum atomic E-state index is 12.6. The van der Waals surface area contributed by atoms with Gasteiger partial charge in [0, 0.05) is 35.8 Å². The lowest BCUT2D eigenvalue weighted by Gasteiger charge is -2.50. The van der Waals surface area contributed by atoms with Crippen LogP contribution in [0.4, 0.5) is 5.69 Å². The molecule has 1 amide bonds. The third-order valence-corrected chi connectivity index (χ3v) is 6.58. The summed E-state index contributed by atoms with van der Waals surface area (Å²) in [7, 11) is 0. The highest BCUT2D eigenvalue weighted by Crippen LogP contribution is 2.50. The number of fused-ring (bicyclic) bond motifs is 3. The van der Waals surface area contributed by atoms with E-state index in [0.717, 1.165) is 31.5 Å². The predicted octanol–water partition coefficient (Wildman–Crippen LogP) is 4.20. The molecule has 1 aliphatic carbocycles. The van der Waals surface area contributed by atoms with Gasteiger partial charge in [0.2, 0.25) is 0 Å². The molecule has 0 bridgehead atoms. The first kappa shape index (κ1) is 17.7. The second kappa shape index (κ2) is 7.25. The molecule has 1 saturated carbocycles. The van der Waals surface area contributed by atoms with E-state index < -0.39 is 0 Å². The number of amides is 1. The van der Waals surface area contributed by atoms with Crippen molar-refractivity contribution in [3.05, 3.63) is 65.2 Å². The molecule has 2 N–H and O–H groups in total. The molecule has 2 aromatic rings. The van der Waals surface area contributed by atoms with Gasteiger partial charge in [0.05, 0.1) is 6.04 Å². The molecule has 146 valence electrons. The molecule has 1 unspecified atom stereocenters. The molecule has 0 radical (unpaired) electrons. The minimum atomic E-state index is 0.0749. The summed E-state index contributed by atoms with van der Waals surface area (Å²) in [6.07, 6.45) is 4.65. The van der Waals surface area contributed by atoms with E-state index in [4.69, 9.17) is 0 Å². The van der Waals surface area contributed by atoms with Crippen LogP contribution in [0.2, 0.25) is 0 Å². The highest BCUT2D eigenvalue weighted by Gasteiger charge is 2.42. The second-order valence-electron chi connectivity index (χ2n) is 8.40. The number of anilines is 1. The Labute approximate surface area is 167 Å². The average molecular weight is 376 g/mol. The lowest BCUT2D eigenvalue weighted by molar-refractivity contribution is 0.0950. The molecule has 5 rings (SSSR count). The van der Waals surface area contributed by atoms with Crippen LogP contribution >= 0.6 is 0 Å². The van der Waals surface area contributed by atoms with E-state index in [2.05, 4.69) is 64.9 Å². The van der Waals surface area contributed by atoms with E-state index in [1.165, 1.54) is 29.7 Å². The van der Waals surface area contributed by atoms with Gasteiger partial charge in [0.1, 0.15) is 0 Å². The van der Waals surface area contributed by atoms with Crippen LogP contribution in [0, 0.1) is 5.92 Å². The van der Waals surface area contributed by atoms with Gasteiger partial charge in [0.15, 0.2) is 0 Å². The van der Waals surface area contributed by atoms with Gasteiger partial charge in [-0.1, -0.05) is 30.3 Å². The Balaban J connectivity index is 1.57. The fourth-order valence-corrected chi connectivity index (χ4v) is 5.12. The highest BCUT2D eigenvalue weighted by molar-refractivity contribution is 5.95. The number of carbonyl (C=O) groups is 1. The number of hydrogen-bond donors (Lipinski definition) is 2.